The van der Waals surface area contributed by atoms with E-state index in [1.807, 2.05) is 24.3 Å². The first-order valence-electron chi connectivity index (χ1n) is 11.4. The van der Waals surface area contributed by atoms with E-state index < -0.39 is 17.2 Å². The number of nitrogens with zero attached hydrogens (tertiary/aromatic N) is 2. The molecule has 2 amide bonds. The number of aliphatic hydroxyl groups excluding tert-OH is 1. The molecule has 1 atom stereocenters. The Morgan fingerprint density at radius 3 is 2.49 bits per heavy atom. The van der Waals surface area contributed by atoms with Crippen LogP contribution in [-0.2, 0) is 4.79 Å². The third-order valence-corrected chi connectivity index (χ3v) is 7.77. The molecular weight excluding hydrogens is 491 g/mol. The standard InChI is InChI=1S/C25H24Cl2N4O4/c26-16-6-5-15(11-17(16)27)35-14-22(33)30-25-9-7-24(8-10-25,12-21(25)32)31-23(34)20-13-28-18-3-1-2-4-19(18)29-20/h1-6,11,13,21,32H,7-10,12,14H2,(H,30,33)(H,31,34)/t21-,24?,25?/m0/s1. The highest BCUT2D eigenvalue weighted by Gasteiger charge is 2.55. The number of fused-ring (bicyclic) bond motifs is 4. The van der Waals surface area contributed by atoms with Crippen molar-refractivity contribution in [2.24, 2.45) is 0 Å². The lowest BCUT2D eigenvalue weighted by Crippen LogP contribution is -2.70. The molecule has 1 heterocycles. The Kier molecular flexibility index (Phi) is 6.29. The van der Waals surface area contributed by atoms with E-state index in [1.54, 1.807) is 18.2 Å². The molecule has 2 aromatic carbocycles. The summed E-state index contributed by atoms with van der Waals surface area (Å²) in [6.07, 6.45) is 3.34. The first-order valence-corrected chi connectivity index (χ1v) is 12.1. The van der Waals surface area contributed by atoms with Gasteiger partial charge in [-0.3, -0.25) is 14.6 Å². The molecule has 0 spiro atoms. The molecule has 3 aliphatic carbocycles. The zero-order valence-electron chi connectivity index (χ0n) is 18.8. The van der Waals surface area contributed by atoms with Crippen molar-refractivity contribution in [3.8, 4) is 5.75 Å². The number of hydrogen-bond donors (Lipinski definition) is 3. The van der Waals surface area contributed by atoms with Crippen molar-refractivity contribution < 1.29 is 19.4 Å². The predicted molar refractivity (Wildman–Crippen MR) is 132 cm³/mol. The summed E-state index contributed by atoms with van der Waals surface area (Å²) in [6, 6.07) is 12.1. The molecule has 8 nitrogen and oxygen atoms in total. The second kappa shape index (κ2) is 9.26. The smallest absolute Gasteiger partial charge is 0.271 e. The van der Waals surface area contributed by atoms with Crippen molar-refractivity contribution in [2.45, 2.75) is 49.3 Å². The second-order valence-corrected chi connectivity index (χ2v) is 10.1. The number of para-hydroxylation sites is 2. The molecule has 182 valence electrons. The van der Waals surface area contributed by atoms with Crippen molar-refractivity contribution in [3.63, 3.8) is 0 Å². The molecule has 35 heavy (non-hydrogen) atoms. The van der Waals surface area contributed by atoms with E-state index >= 15 is 0 Å². The number of carbonyl (C=O) groups excluding carboxylic acids is 2. The Morgan fingerprint density at radius 2 is 1.77 bits per heavy atom. The average molecular weight is 515 g/mol. The first kappa shape index (κ1) is 23.8. The molecule has 0 unspecified atom stereocenters. The number of halogens is 2. The molecule has 3 fully saturated rings. The van der Waals surface area contributed by atoms with E-state index in [4.69, 9.17) is 27.9 Å². The minimum Gasteiger partial charge on any atom is -0.484 e. The maximum atomic E-state index is 13.0. The van der Waals surface area contributed by atoms with Crippen molar-refractivity contribution >= 4 is 46.0 Å². The van der Waals surface area contributed by atoms with E-state index in [0.29, 0.717) is 53.4 Å². The van der Waals surface area contributed by atoms with E-state index in [0.717, 1.165) is 5.52 Å². The Labute approximate surface area is 212 Å². The van der Waals surface area contributed by atoms with Gasteiger partial charge in [0.2, 0.25) is 0 Å². The fourth-order valence-electron chi connectivity index (χ4n) is 5.06. The summed E-state index contributed by atoms with van der Waals surface area (Å²) < 4.78 is 5.53. The van der Waals surface area contributed by atoms with Gasteiger partial charge in [0.15, 0.2) is 6.61 Å². The van der Waals surface area contributed by atoms with Gasteiger partial charge in [-0.25, -0.2) is 4.98 Å². The molecule has 0 aliphatic heterocycles. The topological polar surface area (TPSA) is 113 Å². The van der Waals surface area contributed by atoms with Gasteiger partial charge in [0, 0.05) is 11.6 Å². The number of amides is 2. The Hall–Kier alpha value is -2.94. The quantitative estimate of drug-likeness (QED) is 0.462. The zero-order chi connectivity index (χ0) is 24.6. The monoisotopic (exact) mass is 514 g/mol. The van der Waals surface area contributed by atoms with Crippen LogP contribution in [0.5, 0.6) is 5.75 Å². The highest BCUT2D eigenvalue weighted by Crippen LogP contribution is 2.47. The highest BCUT2D eigenvalue weighted by molar-refractivity contribution is 6.42. The van der Waals surface area contributed by atoms with Crippen LogP contribution >= 0.6 is 23.2 Å². The molecule has 3 aromatic rings. The summed E-state index contributed by atoms with van der Waals surface area (Å²) >= 11 is 11.9. The molecule has 10 heteroatoms. The van der Waals surface area contributed by atoms with Gasteiger partial charge in [0.1, 0.15) is 11.4 Å². The van der Waals surface area contributed by atoms with E-state index in [-0.39, 0.29) is 24.1 Å². The Balaban J connectivity index is 1.20. The molecule has 0 saturated heterocycles. The van der Waals surface area contributed by atoms with Gasteiger partial charge in [-0.1, -0.05) is 35.3 Å². The van der Waals surface area contributed by atoms with Gasteiger partial charge in [-0.05, 0) is 56.4 Å². The van der Waals surface area contributed by atoms with Crippen LogP contribution < -0.4 is 15.4 Å². The van der Waals surface area contributed by atoms with Crippen LogP contribution in [0, 0.1) is 0 Å². The number of benzene rings is 2. The number of aliphatic hydroxyl groups is 1. The fourth-order valence-corrected chi connectivity index (χ4v) is 5.35. The zero-order valence-corrected chi connectivity index (χ0v) is 20.3. The summed E-state index contributed by atoms with van der Waals surface area (Å²) in [7, 11) is 0. The number of ether oxygens (including phenoxy) is 1. The van der Waals surface area contributed by atoms with E-state index in [9.17, 15) is 14.7 Å². The van der Waals surface area contributed by atoms with Crippen LogP contribution in [0.2, 0.25) is 10.0 Å². The van der Waals surface area contributed by atoms with Gasteiger partial charge in [-0.15, -0.1) is 0 Å². The third kappa shape index (κ3) is 4.78. The maximum Gasteiger partial charge on any atom is 0.271 e. The highest BCUT2D eigenvalue weighted by atomic mass is 35.5. The summed E-state index contributed by atoms with van der Waals surface area (Å²) in [5.41, 5.74) is 0.314. The van der Waals surface area contributed by atoms with Crippen LogP contribution in [0.15, 0.2) is 48.7 Å². The van der Waals surface area contributed by atoms with Crippen LogP contribution in [0.1, 0.15) is 42.6 Å². The molecule has 0 radical (unpaired) electrons. The average Bonchev–Trinajstić information content (AvgIpc) is 2.85. The normalized spacial score (nSPS) is 25.3. The second-order valence-electron chi connectivity index (χ2n) is 9.27. The number of carbonyl (C=O) groups is 2. The minimum absolute atomic E-state index is 0.213. The van der Waals surface area contributed by atoms with Crippen LogP contribution in [0.25, 0.3) is 11.0 Å². The molecule has 3 N–H and O–H groups in total. The first-order chi connectivity index (χ1) is 16.8. The van der Waals surface area contributed by atoms with E-state index in [2.05, 4.69) is 20.6 Å². The number of rotatable bonds is 6. The lowest BCUT2D eigenvalue weighted by atomic mass is 9.60. The molecule has 3 saturated carbocycles. The van der Waals surface area contributed by atoms with Crippen LogP contribution in [0.4, 0.5) is 0 Å². The molecule has 6 rings (SSSR count). The SMILES string of the molecule is O=C(COc1ccc(Cl)c(Cl)c1)NC12CCC(NC(=O)c3cnc4ccccc4n3)(CC1)C[C@@H]2O. The summed E-state index contributed by atoms with van der Waals surface area (Å²) in [5.74, 6) is -0.220. The fraction of sp³-hybridized carbons (Fsp3) is 0.360. The lowest BCUT2D eigenvalue weighted by Gasteiger charge is -2.56. The van der Waals surface area contributed by atoms with Crippen molar-refractivity contribution in [1.82, 2.24) is 20.6 Å². The molecular formula is C25H24Cl2N4O4. The lowest BCUT2D eigenvalue weighted by molar-refractivity contribution is -0.132. The number of nitrogens with one attached hydrogen (secondary N) is 2. The molecule has 1 aromatic heterocycles. The van der Waals surface area contributed by atoms with E-state index in [1.165, 1.54) is 6.20 Å². The summed E-state index contributed by atoms with van der Waals surface area (Å²) in [5, 5.41) is 17.8. The third-order valence-electron chi connectivity index (χ3n) is 7.03. The van der Waals surface area contributed by atoms with Crippen LogP contribution in [-0.4, -0.2) is 50.7 Å². The van der Waals surface area contributed by atoms with Gasteiger partial charge >= 0.3 is 0 Å². The minimum atomic E-state index is -0.804. The molecule has 3 aliphatic rings. The van der Waals surface area contributed by atoms with Gasteiger partial charge in [0.05, 0.1) is 38.9 Å². The Bertz CT molecular complexity index is 1290. The van der Waals surface area contributed by atoms with Crippen molar-refractivity contribution in [3.05, 3.63) is 64.4 Å². The number of hydrogen-bond acceptors (Lipinski definition) is 6. The van der Waals surface area contributed by atoms with Crippen LogP contribution in [0.3, 0.4) is 0 Å². The van der Waals surface area contributed by atoms with Gasteiger partial charge in [-0.2, -0.15) is 0 Å². The maximum absolute atomic E-state index is 13.0. The summed E-state index contributed by atoms with van der Waals surface area (Å²) in [6.45, 7) is -0.213. The van der Waals surface area contributed by atoms with Gasteiger partial charge in [0.25, 0.3) is 11.8 Å². The molecule has 2 bridgehead atoms. The predicted octanol–water partition coefficient (Wildman–Crippen LogP) is 3.68. The van der Waals surface area contributed by atoms with Crippen molar-refractivity contribution in [2.75, 3.05) is 6.61 Å². The van der Waals surface area contributed by atoms with Gasteiger partial charge < -0.3 is 20.5 Å². The van der Waals surface area contributed by atoms with Crippen molar-refractivity contribution in [1.29, 1.82) is 0 Å². The number of aromatic nitrogens is 2. The Morgan fingerprint density at radius 1 is 1.03 bits per heavy atom. The summed E-state index contributed by atoms with van der Waals surface area (Å²) in [4.78, 5) is 34.3. The largest absolute Gasteiger partial charge is 0.484 e.